The molecule has 8 nitrogen and oxygen atoms in total. The third-order valence-corrected chi connectivity index (χ3v) is 2.80. The molecule has 0 saturated carbocycles. The van der Waals surface area contributed by atoms with Crippen molar-refractivity contribution < 1.29 is 24.3 Å². The highest BCUT2D eigenvalue weighted by Gasteiger charge is 2.31. The van der Waals surface area contributed by atoms with Crippen LogP contribution in [-0.2, 0) is 14.4 Å². The molecule has 108 valence electrons. The summed E-state index contributed by atoms with van der Waals surface area (Å²) in [6.07, 6.45) is -1.11. The highest BCUT2D eigenvalue weighted by atomic mass is 16.6. The van der Waals surface area contributed by atoms with E-state index in [4.69, 9.17) is 19.9 Å². The van der Waals surface area contributed by atoms with Crippen molar-refractivity contribution in [2.24, 2.45) is 5.16 Å². The zero-order chi connectivity index (χ0) is 15.4. The van der Waals surface area contributed by atoms with E-state index in [0.29, 0.717) is 17.0 Å². The van der Waals surface area contributed by atoms with Crippen molar-refractivity contribution in [2.75, 3.05) is 12.4 Å². The smallest absolute Gasteiger partial charge is 0.353 e. The molecular weight excluding hydrogens is 278 g/mol. The van der Waals surface area contributed by atoms with Gasteiger partial charge in [-0.3, -0.25) is 4.79 Å². The number of amides is 1. The second-order valence-electron chi connectivity index (χ2n) is 4.16. The minimum absolute atomic E-state index is 0.111. The van der Waals surface area contributed by atoms with E-state index in [0.717, 1.165) is 0 Å². The van der Waals surface area contributed by atoms with Gasteiger partial charge in [0.1, 0.15) is 5.75 Å². The fraction of sp³-hybridized carbons (Fsp3) is 0.231. The SMILES string of the molecule is COc1cc(C#N)ccc1NC(=O)C1CC(C(=O)O)=NO1. The number of nitrogens with zero attached hydrogens (tertiary/aromatic N) is 2. The molecule has 2 rings (SSSR count). The maximum absolute atomic E-state index is 12.0. The topological polar surface area (TPSA) is 121 Å². The van der Waals surface area contributed by atoms with Gasteiger partial charge >= 0.3 is 5.97 Å². The van der Waals surface area contributed by atoms with E-state index in [1.54, 1.807) is 0 Å². The number of carboxylic acids is 1. The molecule has 1 heterocycles. The van der Waals surface area contributed by atoms with E-state index in [-0.39, 0.29) is 12.1 Å². The summed E-state index contributed by atoms with van der Waals surface area (Å²) in [4.78, 5) is 27.5. The summed E-state index contributed by atoms with van der Waals surface area (Å²) >= 11 is 0. The van der Waals surface area contributed by atoms with Crippen molar-refractivity contribution in [2.45, 2.75) is 12.5 Å². The lowest BCUT2D eigenvalue weighted by molar-refractivity contribution is -0.129. The van der Waals surface area contributed by atoms with Crippen molar-refractivity contribution in [3.63, 3.8) is 0 Å². The summed E-state index contributed by atoms with van der Waals surface area (Å²) in [5, 5.41) is 23.4. The van der Waals surface area contributed by atoms with Crippen LogP contribution in [0.4, 0.5) is 5.69 Å². The monoisotopic (exact) mass is 289 g/mol. The number of nitrogens with one attached hydrogen (secondary N) is 1. The minimum Gasteiger partial charge on any atom is -0.495 e. The molecule has 0 aromatic heterocycles. The number of ether oxygens (including phenoxy) is 1. The molecule has 1 atom stereocenters. The number of aliphatic carboxylic acids is 1. The third-order valence-electron chi connectivity index (χ3n) is 2.80. The molecule has 0 bridgehead atoms. The summed E-state index contributed by atoms with van der Waals surface area (Å²) < 4.78 is 5.08. The van der Waals surface area contributed by atoms with Crippen LogP contribution in [0.1, 0.15) is 12.0 Å². The van der Waals surface area contributed by atoms with Gasteiger partial charge in [-0.25, -0.2) is 4.79 Å². The van der Waals surface area contributed by atoms with Gasteiger partial charge in [-0.05, 0) is 12.1 Å². The van der Waals surface area contributed by atoms with Crippen molar-refractivity contribution >= 4 is 23.3 Å². The first-order valence-corrected chi connectivity index (χ1v) is 5.90. The second-order valence-corrected chi connectivity index (χ2v) is 4.16. The van der Waals surface area contributed by atoms with Crippen molar-refractivity contribution in [1.82, 2.24) is 0 Å². The third kappa shape index (κ3) is 3.09. The Kier molecular flexibility index (Phi) is 4.04. The Bertz CT molecular complexity index is 662. The molecule has 0 saturated heterocycles. The van der Waals surface area contributed by atoms with E-state index in [1.165, 1.54) is 25.3 Å². The van der Waals surface area contributed by atoms with E-state index < -0.39 is 18.0 Å². The van der Waals surface area contributed by atoms with Crippen LogP contribution in [0, 0.1) is 11.3 Å². The number of benzene rings is 1. The number of rotatable bonds is 4. The first kappa shape index (κ1) is 14.3. The molecule has 2 N–H and O–H groups in total. The van der Waals surface area contributed by atoms with Crippen LogP contribution in [0.25, 0.3) is 0 Å². The molecule has 0 fully saturated rings. The van der Waals surface area contributed by atoms with Gasteiger partial charge < -0.3 is 20.0 Å². The molecule has 1 aliphatic rings. The molecule has 1 aromatic rings. The Morgan fingerprint density at radius 1 is 1.57 bits per heavy atom. The van der Waals surface area contributed by atoms with E-state index in [9.17, 15) is 9.59 Å². The predicted molar refractivity (Wildman–Crippen MR) is 70.9 cm³/mol. The van der Waals surface area contributed by atoms with Gasteiger partial charge in [-0.1, -0.05) is 5.16 Å². The largest absolute Gasteiger partial charge is 0.495 e. The van der Waals surface area contributed by atoms with Crippen molar-refractivity contribution in [1.29, 1.82) is 5.26 Å². The van der Waals surface area contributed by atoms with E-state index >= 15 is 0 Å². The van der Waals surface area contributed by atoms with E-state index in [1.807, 2.05) is 6.07 Å². The summed E-state index contributed by atoms with van der Waals surface area (Å²) in [6, 6.07) is 6.47. The Balaban J connectivity index is 2.08. The number of nitriles is 1. The van der Waals surface area contributed by atoms with E-state index in [2.05, 4.69) is 10.5 Å². The second kappa shape index (κ2) is 5.92. The number of carboxylic acid groups (broad SMARTS) is 1. The number of oxime groups is 1. The zero-order valence-electron chi connectivity index (χ0n) is 11.0. The van der Waals surface area contributed by atoms with Crippen molar-refractivity contribution in [3.05, 3.63) is 23.8 Å². The Morgan fingerprint density at radius 3 is 2.90 bits per heavy atom. The van der Waals surface area contributed by atoms with Gasteiger partial charge in [0, 0.05) is 12.5 Å². The molecule has 8 heteroatoms. The fourth-order valence-corrected chi connectivity index (χ4v) is 1.72. The number of hydrogen-bond donors (Lipinski definition) is 2. The van der Waals surface area contributed by atoms with Crippen LogP contribution >= 0.6 is 0 Å². The first-order valence-electron chi connectivity index (χ1n) is 5.90. The number of methoxy groups -OCH3 is 1. The molecule has 0 aliphatic carbocycles. The highest BCUT2D eigenvalue weighted by molar-refractivity contribution is 6.36. The van der Waals surface area contributed by atoms with Crippen LogP contribution in [0.3, 0.4) is 0 Å². The molecule has 1 unspecified atom stereocenters. The van der Waals surface area contributed by atoms with Crippen LogP contribution in [0.15, 0.2) is 23.4 Å². The molecular formula is C13H11N3O5. The van der Waals surface area contributed by atoms with Gasteiger partial charge in [-0.2, -0.15) is 5.26 Å². The maximum Gasteiger partial charge on any atom is 0.353 e. The summed E-state index contributed by atoms with van der Waals surface area (Å²) in [5.74, 6) is -1.45. The molecule has 0 radical (unpaired) electrons. The molecule has 1 amide bonds. The Morgan fingerprint density at radius 2 is 2.33 bits per heavy atom. The minimum atomic E-state index is -1.22. The molecule has 21 heavy (non-hydrogen) atoms. The predicted octanol–water partition coefficient (Wildman–Crippen LogP) is 0.735. The van der Waals surface area contributed by atoms with Crippen LogP contribution in [0.2, 0.25) is 0 Å². The number of hydrogen-bond acceptors (Lipinski definition) is 6. The van der Waals surface area contributed by atoms with Crippen LogP contribution in [-0.4, -0.2) is 35.9 Å². The lowest BCUT2D eigenvalue weighted by Crippen LogP contribution is -2.29. The fourth-order valence-electron chi connectivity index (χ4n) is 1.72. The quantitative estimate of drug-likeness (QED) is 0.843. The van der Waals surface area contributed by atoms with Crippen LogP contribution in [0.5, 0.6) is 5.75 Å². The average molecular weight is 289 g/mol. The molecule has 1 aliphatic heterocycles. The van der Waals surface area contributed by atoms with Gasteiger partial charge in [0.05, 0.1) is 24.4 Å². The van der Waals surface area contributed by atoms with Gasteiger partial charge in [0.2, 0.25) is 6.10 Å². The highest BCUT2D eigenvalue weighted by Crippen LogP contribution is 2.26. The standard InChI is InChI=1S/C13H11N3O5/c1-20-10-4-7(6-14)2-3-8(10)15-12(17)11-5-9(13(18)19)16-21-11/h2-4,11H,5H2,1H3,(H,15,17)(H,18,19). The Hall–Kier alpha value is -3.08. The first-order chi connectivity index (χ1) is 10.0. The average Bonchev–Trinajstić information content (AvgIpc) is 2.97. The summed E-state index contributed by atoms with van der Waals surface area (Å²) in [6.45, 7) is 0. The lowest BCUT2D eigenvalue weighted by Gasteiger charge is -2.12. The zero-order valence-corrected chi connectivity index (χ0v) is 11.0. The normalized spacial score (nSPS) is 16.4. The number of carbonyl (C=O) groups excluding carboxylic acids is 1. The van der Waals surface area contributed by atoms with Crippen LogP contribution < -0.4 is 10.1 Å². The van der Waals surface area contributed by atoms with Gasteiger partial charge in [0.15, 0.2) is 5.71 Å². The van der Waals surface area contributed by atoms with Gasteiger partial charge in [0.25, 0.3) is 5.91 Å². The maximum atomic E-state index is 12.0. The molecule has 1 aromatic carbocycles. The van der Waals surface area contributed by atoms with Gasteiger partial charge in [-0.15, -0.1) is 0 Å². The number of anilines is 1. The Labute approximate surface area is 119 Å². The van der Waals surface area contributed by atoms with Crippen molar-refractivity contribution in [3.8, 4) is 11.8 Å². The summed E-state index contributed by atoms with van der Waals surface area (Å²) in [7, 11) is 1.41. The lowest BCUT2D eigenvalue weighted by atomic mass is 10.1. The number of carbonyl (C=O) groups is 2. The molecule has 0 spiro atoms. The summed E-state index contributed by atoms with van der Waals surface area (Å²) in [5.41, 5.74) is 0.536.